The van der Waals surface area contributed by atoms with Crippen LogP contribution in [0, 0.1) is 6.92 Å². The molecule has 3 heterocycles. The van der Waals surface area contributed by atoms with E-state index in [2.05, 4.69) is 4.90 Å². The monoisotopic (exact) mass is 397 g/mol. The third-order valence-corrected chi connectivity index (χ3v) is 4.66. The van der Waals surface area contributed by atoms with Crippen molar-refractivity contribution in [2.75, 3.05) is 40.1 Å². The van der Waals surface area contributed by atoms with Gasteiger partial charge in [-0.25, -0.2) is 4.98 Å². The van der Waals surface area contributed by atoms with Gasteiger partial charge in [0.05, 0.1) is 25.5 Å². The topological polar surface area (TPSA) is 92.2 Å². The molecule has 0 amide bonds. The van der Waals surface area contributed by atoms with Crippen molar-refractivity contribution in [1.29, 1.82) is 0 Å². The van der Waals surface area contributed by atoms with Crippen molar-refractivity contribution in [3.05, 3.63) is 23.6 Å². The van der Waals surface area contributed by atoms with Gasteiger partial charge in [0.15, 0.2) is 11.5 Å². The summed E-state index contributed by atoms with van der Waals surface area (Å²) in [5.41, 5.74) is 7.43. The fourth-order valence-corrected chi connectivity index (χ4v) is 3.23. The van der Waals surface area contributed by atoms with Crippen LogP contribution < -0.4 is 19.9 Å². The Hall–Kier alpha value is -2.00. The van der Waals surface area contributed by atoms with E-state index in [9.17, 15) is 0 Å². The number of nitrogens with zero attached hydrogens (tertiary/aromatic N) is 2. The highest BCUT2D eigenvalue weighted by atomic mass is 35.5. The summed E-state index contributed by atoms with van der Waals surface area (Å²) in [6, 6.07) is 3.71. The molecular weight excluding hydrogens is 374 g/mol. The molecule has 1 aromatic carbocycles. The van der Waals surface area contributed by atoms with Crippen LogP contribution in [0.25, 0.3) is 11.5 Å². The van der Waals surface area contributed by atoms with Gasteiger partial charge in [-0.3, -0.25) is 4.90 Å². The molecule has 8 nitrogen and oxygen atoms in total. The quantitative estimate of drug-likeness (QED) is 0.818. The Labute approximate surface area is 163 Å². The van der Waals surface area contributed by atoms with Crippen LogP contribution in [0.2, 0.25) is 0 Å². The Morgan fingerprint density at radius 1 is 1.33 bits per heavy atom. The van der Waals surface area contributed by atoms with Crippen molar-refractivity contribution in [1.82, 2.24) is 9.88 Å². The van der Waals surface area contributed by atoms with Crippen molar-refractivity contribution in [2.24, 2.45) is 5.73 Å². The average Bonchev–Trinajstić information content (AvgIpc) is 3.28. The van der Waals surface area contributed by atoms with Gasteiger partial charge in [-0.15, -0.1) is 12.4 Å². The molecule has 1 unspecified atom stereocenters. The number of methoxy groups -OCH3 is 1. The van der Waals surface area contributed by atoms with Crippen LogP contribution >= 0.6 is 12.4 Å². The zero-order valence-corrected chi connectivity index (χ0v) is 16.2. The lowest BCUT2D eigenvalue weighted by Crippen LogP contribution is -2.45. The highest BCUT2D eigenvalue weighted by Crippen LogP contribution is 2.44. The number of hydrogen-bond acceptors (Lipinski definition) is 8. The van der Waals surface area contributed by atoms with Gasteiger partial charge in [0.1, 0.15) is 5.76 Å². The van der Waals surface area contributed by atoms with Crippen LogP contribution in [0.15, 0.2) is 16.5 Å². The number of halogens is 1. The highest BCUT2D eigenvalue weighted by Gasteiger charge is 2.24. The van der Waals surface area contributed by atoms with E-state index < -0.39 is 0 Å². The van der Waals surface area contributed by atoms with E-state index in [0.717, 1.165) is 30.1 Å². The van der Waals surface area contributed by atoms with E-state index in [-0.39, 0.29) is 25.3 Å². The van der Waals surface area contributed by atoms with Gasteiger partial charge < -0.3 is 29.1 Å². The molecule has 0 aliphatic carbocycles. The Bertz CT molecular complexity index is 798. The van der Waals surface area contributed by atoms with Gasteiger partial charge in [-0.1, -0.05) is 0 Å². The summed E-state index contributed by atoms with van der Waals surface area (Å²) >= 11 is 0. The molecule has 1 atom stereocenters. The molecule has 0 radical (unpaired) electrons. The number of aromatic nitrogens is 1. The number of nitrogens with two attached hydrogens (primary N) is 1. The zero-order valence-electron chi connectivity index (χ0n) is 15.4. The van der Waals surface area contributed by atoms with Crippen molar-refractivity contribution in [2.45, 2.75) is 19.6 Å². The first kappa shape index (κ1) is 19.8. The first-order valence-corrected chi connectivity index (χ1v) is 8.66. The molecule has 2 aromatic rings. The largest absolute Gasteiger partial charge is 0.493 e. The second-order valence-electron chi connectivity index (χ2n) is 6.40. The lowest BCUT2D eigenvalue weighted by molar-refractivity contribution is -0.0264. The number of rotatable bonds is 5. The molecule has 2 N–H and O–H groups in total. The van der Waals surface area contributed by atoms with Crippen molar-refractivity contribution < 1.29 is 23.4 Å². The molecule has 1 aromatic heterocycles. The average molecular weight is 398 g/mol. The van der Waals surface area contributed by atoms with Gasteiger partial charge in [0.25, 0.3) is 0 Å². The van der Waals surface area contributed by atoms with E-state index in [4.69, 9.17) is 34.1 Å². The van der Waals surface area contributed by atoms with Crippen LogP contribution in [0.4, 0.5) is 0 Å². The summed E-state index contributed by atoms with van der Waals surface area (Å²) < 4.78 is 27.8. The molecule has 148 valence electrons. The zero-order chi connectivity index (χ0) is 18.1. The summed E-state index contributed by atoms with van der Waals surface area (Å²) in [4.78, 5) is 6.98. The van der Waals surface area contributed by atoms with Crippen LogP contribution in [-0.4, -0.2) is 56.1 Å². The number of benzene rings is 1. The molecule has 27 heavy (non-hydrogen) atoms. The number of fused-ring (bicyclic) bond motifs is 1. The SMILES string of the molecule is COc1cc(-c2nc(CN3CCOC(CN)C3)c(C)o2)cc2c1OCO2.Cl. The second kappa shape index (κ2) is 8.35. The second-order valence-corrected chi connectivity index (χ2v) is 6.40. The smallest absolute Gasteiger partial charge is 0.231 e. The molecule has 2 aliphatic heterocycles. The normalized spacial score (nSPS) is 19.0. The highest BCUT2D eigenvalue weighted by molar-refractivity contribution is 5.85. The van der Waals surface area contributed by atoms with Crippen LogP contribution in [0.3, 0.4) is 0 Å². The van der Waals surface area contributed by atoms with Gasteiger partial charge in [0, 0.05) is 31.7 Å². The predicted molar refractivity (Wildman–Crippen MR) is 101 cm³/mol. The van der Waals surface area contributed by atoms with E-state index in [1.807, 2.05) is 19.1 Å². The molecule has 0 bridgehead atoms. The van der Waals surface area contributed by atoms with Crippen LogP contribution in [0.5, 0.6) is 17.2 Å². The number of oxazole rings is 1. The van der Waals surface area contributed by atoms with Gasteiger partial charge in [0.2, 0.25) is 18.4 Å². The summed E-state index contributed by atoms with van der Waals surface area (Å²) in [6.45, 7) is 5.69. The third kappa shape index (κ3) is 3.98. The summed E-state index contributed by atoms with van der Waals surface area (Å²) in [5.74, 6) is 3.19. The maximum Gasteiger partial charge on any atom is 0.231 e. The van der Waals surface area contributed by atoms with Crippen molar-refractivity contribution in [3.8, 4) is 28.7 Å². The van der Waals surface area contributed by atoms with Crippen LogP contribution in [-0.2, 0) is 11.3 Å². The Balaban J connectivity index is 0.00000210. The number of aryl methyl sites for hydroxylation is 1. The predicted octanol–water partition coefficient (Wildman–Crippen LogP) is 1.97. The summed E-state index contributed by atoms with van der Waals surface area (Å²) in [6.07, 6.45) is 0.0774. The lowest BCUT2D eigenvalue weighted by atomic mass is 10.2. The number of ether oxygens (including phenoxy) is 4. The molecule has 4 rings (SSSR count). The molecule has 2 aliphatic rings. The minimum absolute atomic E-state index is 0. The maximum absolute atomic E-state index is 5.91. The maximum atomic E-state index is 5.91. The molecule has 9 heteroatoms. The van der Waals surface area contributed by atoms with Gasteiger partial charge >= 0.3 is 0 Å². The Kier molecular flexibility index (Phi) is 6.11. The van der Waals surface area contributed by atoms with Gasteiger partial charge in [-0.05, 0) is 19.1 Å². The lowest BCUT2D eigenvalue weighted by Gasteiger charge is -2.31. The van der Waals surface area contributed by atoms with Gasteiger partial charge in [-0.2, -0.15) is 0 Å². The van der Waals surface area contributed by atoms with E-state index in [1.165, 1.54) is 0 Å². The summed E-state index contributed by atoms with van der Waals surface area (Å²) in [5, 5.41) is 0. The Morgan fingerprint density at radius 3 is 2.96 bits per heavy atom. The first-order valence-electron chi connectivity index (χ1n) is 8.66. The summed E-state index contributed by atoms with van der Waals surface area (Å²) in [7, 11) is 1.60. The fourth-order valence-electron chi connectivity index (χ4n) is 3.23. The van der Waals surface area contributed by atoms with Crippen molar-refractivity contribution in [3.63, 3.8) is 0 Å². The molecule has 0 spiro atoms. The molecular formula is C18H24ClN3O5. The minimum atomic E-state index is 0. The first-order chi connectivity index (χ1) is 12.7. The van der Waals surface area contributed by atoms with E-state index >= 15 is 0 Å². The molecule has 1 fully saturated rings. The molecule has 0 saturated carbocycles. The molecule has 1 saturated heterocycles. The van der Waals surface area contributed by atoms with E-state index in [0.29, 0.717) is 42.8 Å². The standard InChI is InChI=1S/C18H23N3O5.ClH/c1-11-14(9-21-3-4-23-13(7-19)8-21)20-18(26-11)12-5-15(22-2)17-16(6-12)24-10-25-17;/h5-6,13H,3-4,7-10,19H2,1-2H3;1H. The third-order valence-electron chi connectivity index (χ3n) is 4.66. The number of hydrogen-bond donors (Lipinski definition) is 1. The Morgan fingerprint density at radius 2 is 2.19 bits per heavy atom. The van der Waals surface area contributed by atoms with Crippen molar-refractivity contribution >= 4 is 12.4 Å². The minimum Gasteiger partial charge on any atom is -0.493 e. The van der Waals surface area contributed by atoms with E-state index in [1.54, 1.807) is 7.11 Å². The number of morpholine rings is 1. The van der Waals surface area contributed by atoms with Crippen LogP contribution in [0.1, 0.15) is 11.5 Å². The fraction of sp³-hybridized carbons (Fsp3) is 0.500.